The molecule has 0 aromatic carbocycles. The Balaban J connectivity index is 2.15. The molecular formula is C11H19N3O4. The van der Waals surface area contributed by atoms with Crippen LogP contribution in [-0.4, -0.2) is 54.1 Å². The average molecular weight is 257 g/mol. The van der Waals surface area contributed by atoms with Crippen LogP contribution in [0, 0.1) is 11.8 Å². The lowest BCUT2D eigenvalue weighted by molar-refractivity contribution is -0.148. The van der Waals surface area contributed by atoms with Crippen LogP contribution in [0.2, 0.25) is 0 Å². The number of hydrogen-bond donors (Lipinski definition) is 3. The summed E-state index contributed by atoms with van der Waals surface area (Å²) in [5.41, 5.74) is 0. The third kappa shape index (κ3) is 4.70. The van der Waals surface area contributed by atoms with Crippen molar-refractivity contribution in [3.8, 4) is 0 Å². The molecule has 1 aliphatic rings. The Hall–Kier alpha value is -1.63. The molecule has 1 heterocycles. The van der Waals surface area contributed by atoms with E-state index in [4.69, 9.17) is 5.11 Å². The summed E-state index contributed by atoms with van der Waals surface area (Å²) in [4.78, 5) is 34.9. The van der Waals surface area contributed by atoms with Gasteiger partial charge in [0.25, 0.3) is 0 Å². The molecule has 0 bridgehead atoms. The number of carbonyl (C=O) groups is 3. The van der Waals surface area contributed by atoms with Gasteiger partial charge in [-0.15, -0.1) is 0 Å². The highest BCUT2D eigenvalue weighted by Gasteiger charge is 2.33. The van der Waals surface area contributed by atoms with Crippen LogP contribution in [0.25, 0.3) is 0 Å². The van der Waals surface area contributed by atoms with Gasteiger partial charge in [-0.25, -0.2) is 4.79 Å². The molecule has 7 nitrogen and oxygen atoms in total. The van der Waals surface area contributed by atoms with E-state index >= 15 is 0 Å². The zero-order valence-corrected chi connectivity index (χ0v) is 10.6. The summed E-state index contributed by atoms with van der Waals surface area (Å²) < 4.78 is 0. The number of urea groups is 1. The first-order valence-electron chi connectivity index (χ1n) is 5.91. The van der Waals surface area contributed by atoms with E-state index in [2.05, 4.69) is 10.6 Å². The van der Waals surface area contributed by atoms with Crippen molar-refractivity contribution in [2.24, 2.45) is 11.8 Å². The highest BCUT2D eigenvalue weighted by Crippen LogP contribution is 2.14. The molecule has 0 radical (unpaired) electrons. The summed E-state index contributed by atoms with van der Waals surface area (Å²) >= 11 is 0. The Morgan fingerprint density at radius 2 is 1.94 bits per heavy atom. The molecule has 0 spiro atoms. The molecule has 1 fully saturated rings. The average Bonchev–Trinajstić information content (AvgIpc) is 2.19. The van der Waals surface area contributed by atoms with Gasteiger partial charge >= 0.3 is 12.0 Å². The first-order valence-corrected chi connectivity index (χ1v) is 5.91. The van der Waals surface area contributed by atoms with Crippen LogP contribution in [-0.2, 0) is 9.59 Å². The van der Waals surface area contributed by atoms with Crippen LogP contribution >= 0.6 is 0 Å². The maximum absolute atomic E-state index is 11.4. The van der Waals surface area contributed by atoms with Crippen molar-refractivity contribution in [2.45, 2.75) is 13.8 Å². The zero-order chi connectivity index (χ0) is 13.7. The fourth-order valence-electron chi connectivity index (χ4n) is 1.57. The monoisotopic (exact) mass is 257 g/mol. The number of nitrogens with zero attached hydrogens (tertiary/aromatic N) is 1. The molecule has 1 rings (SSSR count). The van der Waals surface area contributed by atoms with Gasteiger partial charge in [0.05, 0.1) is 12.5 Å². The summed E-state index contributed by atoms with van der Waals surface area (Å²) in [6.07, 6.45) is 0. The molecule has 1 saturated heterocycles. The lowest BCUT2D eigenvalue weighted by atomic mass is 10.0. The van der Waals surface area contributed by atoms with E-state index < -0.39 is 23.8 Å². The Kier molecular flexibility index (Phi) is 5.08. The summed E-state index contributed by atoms with van der Waals surface area (Å²) in [6, 6.07) is -0.510. The first-order chi connectivity index (χ1) is 8.38. The smallest absolute Gasteiger partial charge is 0.321 e. The Morgan fingerprint density at radius 1 is 1.33 bits per heavy atom. The maximum Gasteiger partial charge on any atom is 0.321 e. The predicted octanol–water partition coefficient (Wildman–Crippen LogP) is -0.515. The molecular weight excluding hydrogens is 238 g/mol. The number of amides is 3. The van der Waals surface area contributed by atoms with Gasteiger partial charge in [-0.2, -0.15) is 0 Å². The number of nitrogens with one attached hydrogen (secondary N) is 2. The molecule has 18 heavy (non-hydrogen) atoms. The molecule has 3 amide bonds. The van der Waals surface area contributed by atoms with Gasteiger partial charge in [0.1, 0.15) is 0 Å². The van der Waals surface area contributed by atoms with E-state index in [9.17, 15) is 14.4 Å². The van der Waals surface area contributed by atoms with Gasteiger partial charge in [-0.3, -0.25) is 19.8 Å². The lowest BCUT2D eigenvalue weighted by Crippen LogP contribution is -2.54. The maximum atomic E-state index is 11.4. The summed E-state index contributed by atoms with van der Waals surface area (Å²) in [6.45, 7) is 5.18. The van der Waals surface area contributed by atoms with E-state index in [1.54, 1.807) is 4.90 Å². The van der Waals surface area contributed by atoms with Gasteiger partial charge < -0.3 is 10.4 Å². The zero-order valence-electron chi connectivity index (χ0n) is 10.6. The minimum absolute atomic E-state index is 0.0544. The molecule has 0 atom stereocenters. The highest BCUT2D eigenvalue weighted by atomic mass is 16.4. The molecule has 7 heteroatoms. The van der Waals surface area contributed by atoms with E-state index in [-0.39, 0.29) is 6.54 Å². The minimum atomic E-state index is -0.846. The summed E-state index contributed by atoms with van der Waals surface area (Å²) in [5.74, 6) is -1.34. The minimum Gasteiger partial charge on any atom is -0.481 e. The van der Waals surface area contributed by atoms with Crippen molar-refractivity contribution in [1.29, 1.82) is 0 Å². The van der Waals surface area contributed by atoms with Gasteiger partial charge in [0.2, 0.25) is 5.91 Å². The number of carbonyl (C=O) groups excluding carboxylic acids is 2. The molecule has 0 aromatic heterocycles. The van der Waals surface area contributed by atoms with Crippen LogP contribution in [0.4, 0.5) is 4.79 Å². The number of rotatable bonds is 5. The highest BCUT2D eigenvalue weighted by molar-refractivity contribution is 5.95. The number of hydrogen-bond acceptors (Lipinski definition) is 4. The fraction of sp³-hybridized carbons (Fsp3) is 0.727. The number of imide groups is 1. The molecule has 102 valence electrons. The topological polar surface area (TPSA) is 98.7 Å². The predicted molar refractivity (Wildman–Crippen MR) is 63.9 cm³/mol. The third-order valence-corrected chi connectivity index (χ3v) is 2.60. The van der Waals surface area contributed by atoms with Crippen molar-refractivity contribution in [1.82, 2.24) is 15.5 Å². The molecule has 0 aromatic rings. The first kappa shape index (κ1) is 14.4. The van der Waals surface area contributed by atoms with E-state index in [1.807, 2.05) is 13.8 Å². The van der Waals surface area contributed by atoms with Gasteiger partial charge in [-0.05, 0) is 5.92 Å². The second-order valence-corrected chi connectivity index (χ2v) is 4.88. The largest absolute Gasteiger partial charge is 0.481 e. The van der Waals surface area contributed by atoms with Crippen LogP contribution in [0.3, 0.4) is 0 Å². The Bertz CT molecular complexity index is 337. The standard InChI is InChI=1S/C11H19N3O4/c1-7(2)3-12-11(18)13-9(15)6-14-4-8(5-14)10(16)17/h7-8H,3-6H2,1-2H3,(H,16,17)(H2,12,13,15,18). The van der Waals surface area contributed by atoms with E-state index in [1.165, 1.54) is 0 Å². The number of aliphatic carboxylic acids is 1. The van der Waals surface area contributed by atoms with Crippen LogP contribution in [0.5, 0.6) is 0 Å². The van der Waals surface area contributed by atoms with Crippen LogP contribution < -0.4 is 10.6 Å². The van der Waals surface area contributed by atoms with Crippen molar-refractivity contribution >= 4 is 17.9 Å². The van der Waals surface area contributed by atoms with Gasteiger partial charge in [-0.1, -0.05) is 13.8 Å². The second kappa shape index (κ2) is 6.34. The summed E-state index contributed by atoms with van der Waals surface area (Å²) in [5, 5.41) is 13.4. The lowest BCUT2D eigenvalue weighted by Gasteiger charge is -2.35. The van der Waals surface area contributed by atoms with Gasteiger partial charge in [0, 0.05) is 19.6 Å². The fourth-order valence-corrected chi connectivity index (χ4v) is 1.57. The van der Waals surface area contributed by atoms with Crippen LogP contribution in [0.1, 0.15) is 13.8 Å². The van der Waals surface area contributed by atoms with Crippen molar-refractivity contribution < 1.29 is 19.5 Å². The Morgan fingerprint density at radius 3 is 2.44 bits per heavy atom. The third-order valence-electron chi connectivity index (χ3n) is 2.60. The second-order valence-electron chi connectivity index (χ2n) is 4.88. The van der Waals surface area contributed by atoms with E-state index in [0.29, 0.717) is 25.6 Å². The van der Waals surface area contributed by atoms with Crippen molar-refractivity contribution in [3.05, 3.63) is 0 Å². The normalized spacial score (nSPS) is 16.2. The quantitative estimate of drug-likeness (QED) is 0.616. The van der Waals surface area contributed by atoms with Crippen molar-refractivity contribution in [3.63, 3.8) is 0 Å². The molecule has 1 aliphatic heterocycles. The number of carboxylic acids is 1. The number of likely N-dealkylation sites (tertiary alicyclic amines) is 1. The SMILES string of the molecule is CC(C)CNC(=O)NC(=O)CN1CC(C(=O)O)C1. The summed E-state index contributed by atoms with van der Waals surface area (Å²) in [7, 11) is 0. The van der Waals surface area contributed by atoms with Crippen LogP contribution in [0.15, 0.2) is 0 Å². The van der Waals surface area contributed by atoms with Crippen molar-refractivity contribution in [2.75, 3.05) is 26.2 Å². The Labute approximate surface area is 106 Å². The van der Waals surface area contributed by atoms with Gasteiger partial charge in [0.15, 0.2) is 0 Å². The molecule has 0 aliphatic carbocycles. The molecule has 3 N–H and O–H groups in total. The van der Waals surface area contributed by atoms with E-state index in [0.717, 1.165) is 0 Å². The number of carboxylic acid groups (broad SMARTS) is 1. The molecule has 0 saturated carbocycles. The molecule has 0 unspecified atom stereocenters.